The van der Waals surface area contributed by atoms with E-state index in [9.17, 15) is 9.59 Å². The molecule has 0 radical (unpaired) electrons. The van der Waals surface area contributed by atoms with Gasteiger partial charge in [0.2, 0.25) is 0 Å². The molecule has 1 aliphatic heterocycles. The Balaban J connectivity index is 1.71. The maximum Gasteiger partial charge on any atom is 0.278 e. The highest BCUT2D eigenvalue weighted by Gasteiger charge is 2.40. The number of carbonyl (C=O) groups excluding carboxylic acids is 2. The van der Waals surface area contributed by atoms with Crippen molar-refractivity contribution in [3.8, 4) is 11.5 Å². The third-order valence-corrected chi connectivity index (χ3v) is 5.50. The van der Waals surface area contributed by atoms with Crippen LogP contribution in [0.25, 0.3) is 5.57 Å². The Morgan fingerprint density at radius 3 is 2.21 bits per heavy atom. The fourth-order valence-electron chi connectivity index (χ4n) is 3.85. The van der Waals surface area contributed by atoms with E-state index < -0.39 is 0 Å². The molecule has 0 spiro atoms. The Hall–Kier alpha value is -4.06. The summed E-state index contributed by atoms with van der Waals surface area (Å²) in [6, 6.07) is 22.3. The summed E-state index contributed by atoms with van der Waals surface area (Å²) in [6.07, 6.45) is 0.0584. The molecule has 0 aliphatic carbocycles. The molecule has 3 aromatic carbocycles. The Morgan fingerprint density at radius 2 is 1.56 bits per heavy atom. The average Bonchev–Trinajstić information content (AvgIpc) is 3.05. The van der Waals surface area contributed by atoms with Gasteiger partial charge in [-0.2, -0.15) is 0 Å². The minimum atomic E-state index is -0.381. The van der Waals surface area contributed by atoms with Crippen LogP contribution in [0.15, 0.2) is 78.5 Å². The van der Waals surface area contributed by atoms with E-state index in [0.29, 0.717) is 17.0 Å². The molecule has 6 heteroatoms. The number of amides is 2. The van der Waals surface area contributed by atoms with Crippen molar-refractivity contribution in [1.29, 1.82) is 0 Å². The number of anilines is 1. The zero-order chi connectivity index (χ0) is 24.2. The zero-order valence-corrected chi connectivity index (χ0v) is 19.8. The third-order valence-electron chi connectivity index (χ3n) is 5.50. The largest absolute Gasteiger partial charge is 0.496 e. The van der Waals surface area contributed by atoms with E-state index in [1.54, 1.807) is 19.2 Å². The SMILES string of the molecule is COc1ccccc1C1=C(Nc2ccc(OC(C)C)cc2)C(=O)N(Cc2ccc(C)cc2)C1=O. The van der Waals surface area contributed by atoms with Crippen LogP contribution in [0.1, 0.15) is 30.5 Å². The molecule has 2 amide bonds. The van der Waals surface area contributed by atoms with E-state index in [2.05, 4.69) is 5.32 Å². The molecule has 1 N–H and O–H groups in total. The van der Waals surface area contributed by atoms with Gasteiger partial charge in [0.15, 0.2) is 0 Å². The van der Waals surface area contributed by atoms with Gasteiger partial charge in [-0.25, -0.2) is 0 Å². The van der Waals surface area contributed by atoms with Gasteiger partial charge in [-0.15, -0.1) is 0 Å². The second-order valence-electron chi connectivity index (χ2n) is 8.45. The molecule has 34 heavy (non-hydrogen) atoms. The smallest absolute Gasteiger partial charge is 0.278 e. The van der Waals surface area contributed by atoms with Crippen molar-refractivity contribution in [2.75, 3.05) is 12.4 Å². The molecular weight excluding hydrogens is 428 g/mol. The van der Waals surface area contributed by atoms with Gasteiger partial charge in [0.05, 0.1) is 25.3 Å². The number of rotatable bonds is 8. The Kier molecular flexibility index (Phi) is 6.68. The molecular formula is C28H28N2O4. The van der Waals surface area contributed by atoms with Crippen LogP contribution in [-0.2, 0) is 16.1 Å². The van der Waals surface area contributed by atoms with Gasteiger partial charge < -0.3 is 14.8 Å². The van der Waals surface area contributed by atoms with Crippen LogP contribution in [0.5, 0.6) is 11.5 Å². The highest BCUT2D eigenvalue weighted by molar-refractivity contribution is 6.36. The Bertz CT molecular complexity index is 1230. The minimum absolute atomic E-state index is 0.0584. The summed E-state index contributed by atoms with van der Waals surface area (Å²) in [7, 11) is 1.55. The van der Waals surface area contributed by atoms with E-state index >= 15 is 0 Å². The monoisotopic (exact) mass is 456 g/mol. The van der Waals surface area contributed by atoms with Crippen molar-refractivity contribution in [1.82, 2.24) is 4.90 Å². The number of methoxy groups -OCH3 is 1. The number of benzene rings is 3. The van der Waals surface area contributed by atoms with Gasteiger partial charge in [0.25, 0.3) is 11.8 Å². The van der Waals surface area contributed by atoms with Crippen molar-refractivity contribution < 1.29 is 19.1 Å². The number of nitrogens with one attached hydrogen (secondary N) is 1. The highest BCUT2D eigenvalue weighted by Crippen LogP contribution is 2.36. The van der Waals surface area contributed by atoms with Crippen molar-refractivity contribution in [3.63, 3.8) is 0 Å². The molecule has 0 bridgehead atoms. The first-order chi connectivity index (χ1) is 16.4. The number of ether oxygens (including phenoxy) is 2. The van der Waals surface area contributed by atoms with Crippen LogP contribution in [0.4, 0.5) is 5.69 Å². The summed E-state index contributed by atoms with van der Waals surface area (Å²) in [5, 5.41) is 3.18. The number of hydrogen-bond donors (Lipinski definition) is 1. The van der Waals surface area contributed by atoms with Crippen molar-refractivity contribution in [2.24, 2.45) is 0 Å². The maximum absolute atomic E-state index is 13.6. The second-order valence-corrected chi connectivity index (χ2v) is 8.45. The van der Waals surface area contributed by atoms with Crippen LogP contribution in [0, 0.1) is 6.92 Å². The first-order valence-corrected chi connectivity index (χ1v) is 11.2. The van der Waals surface area contributed by atoms with Gasteiger partial charge in [-0.1, -0.05) is 48.0 Å². The standard InChI is InChI=1S/C28H28N2O4/c1-18(2)34-22-15-13-21(14-16-22)29-26-25(23-7-5-6-8-24(23)33-4)27(31)30(28(26)32)17-20-11-9-19(3)10-12-20/h5-16,18,29H,17H2,1-4H3. The molecule has 0 saturated carbocycles. The lowest BCUT2D eigenvalue weighted by Gasteiger charge is -2.16. The lowest BCUT2D eigenvalue weighted by atomic mass is 10.0. The summed E-state index contributed by atoms with van der Waals surface area (Å²) >= 11 is 0. The average molecular weight is 457 g/mol. The molecule has 1 heterocycles. The molecule has 0 aromatic heterocycles. The first-order valence-electron chi connectivity index (χ1n) is 11.2. The van der Waals surface area contributed by atoms with E-state index in [0.717, 1.165) is 16.9 Å². The number of hydrogen-bond acceptors (Lipinski definition) is 5. The summed E-state index contributed by atoms with van der Waals surface area (Å²) in [6.45, 7) is 6.10. The van der Waals surface area contributed by atoms with Gasteiger partial charge in [-0.3, -0.25) is 14.5 Å². The molecule has 0 atom stereocenters. The van der Waals surface area contributed by atoms with Crippen molar-refractivity contribution in [2.45, 2.75) is 33.4 Å². The predicted molar refractivity (Wildman–Crippen MR) is 132 cm³/mol. The van der Waals surface area contributed by atoms with Crippen LogP contribution < -0.4 is 14.8 Å². The summed E-state index contributed by atoms with van der Waals surface area (Å²) < 4.78 is 11.2. The number of para-hydroxylation sites is 1. The summed E-state index contributed by atoms with van der Waals surface area (Å²) in [5.74, 6) is 0.511. The number of carbonyl (C=O) groups is 2. The van der Waals surface area contributed by atoms with Gasteiger partial charge in [0.1, 0.15) is 17.2 Å². The molecule has 4 rings (SSSR count). The molecule has 174 valence electrons. The fourth-order valence-corrected chi connectivity index (χ4v) is 3.85. The normalized spacial score (nSPS) is 13.6. The van der Waals surface area contributed by atoms with Gasteiger partial charge in [-0.05, 0) is 56.7 Å². The first kappa shape index (κ1) is 23.1. The van der Waals surface area contributed by atoms with Gasteiger partial charge in [0, 0.05) is 11.3 Å². The maximum atomic E-state index is 13.6. The summed E-state index contributed by atoms with van der Waals surface area (Å²) in [4.78, 5) is 28.3. The Labute approximate surface area is 199 Å². The second kappa shape index (κ2) is 9.83. The van der Waals surface area contributed by atoms with Gasteiger partial charge >= 0.3 is 0 Å². The molecule has 0 saturated heterocycles. The van der Waals surface area contributed by atoms with Crippen molar-refractivity contribution in [3.05, 3.63) is 95.2 Å². The fraction of sp³-hybridized carbons (Fsp3) is 0.214. The quantitative estimate of drug-likeness (QED) is 0.473. The van der Waals surface area contributed by atoms with E-state index in [1.165, 1.54) is 4.90 Å². The topological polar surface area (TPSA) is 67.9 Å². The van der Waals surface area contributed by atoms with Crippen LogP contribution in [0.2, 0.25) is 0 Å². The number of nitrogens with zero attached hydrogens (tertiary/aromatic N) is 1. The summed E-state index contributed by atoms with van der Waals surface area (Å²) in [5.41, 5.74) is 3.75. The minimum Gasteiger partial charge on any atom is -0.496 e. The number of aryl methyl sites for hydroxylation is 1. The van der Waals surface area contributed by atoms with E-state index in [4.69, 9.17) is 9.47 Å². The predicted octanol–water partition coefficient (Wildman–Crippen LogP) is 5.18. The molecule has 6 nitrogen and oxygen atoms in total. The van der Waals surface area contributed by atoms with Crippen LogP contribution in [0.3, 0.4) is 0 Å². The molecule has 3 aromatic rings. The molecule has 1 aliphatic rings. The zero-order valence-electron chi connectivity index (χ0n) is 19.8. The number of imide groups is 1. The van der Waals surface area contributed by atoms with Crippen LogP contribution >= 0.6 is 0 Å². The highest BCUT2D eigenvalue weighted by atomic mass is 16.5. The van der Waals surface area contributed by atoms with E-state index in [-0.39, 0.29) is 35.7 Å². The Morgan fingerprint density at radius 1 is 0.882 bits per heavy atom. The lowest BCUT2D eigenvalue weighted by molar-refractivity contribution is -0.137. The lowest BCUT2D eigenvalue weighted by Crippen LogP contribution is -2.32. The van der Waals surface area contributed by atoms with Crippen molar-refractivity contribution >= 4 is 23.1 Å². The third kappa shape index (κ3) is 4.81. The molecule has 0 fully saturated rings. The van der Waals surface area contributed by atoms with E-state index in [1.807, 2.05) is 81.4 Å². The van der Waals surface area contributed by atoms with Crippen LogP contribution in [-0.4, -0.2) is 29.9 Å². The molecule has 0 unspecified atom stereocenters.